The molecule has 0 saturated heterocycles. The van der Waals surface area contributed by atoms with Crippen molar-refractivity contribution in [2.24, 2.45) is 0 Å². The summed E-state index contributed by atoms with van der Waals surface area (Å²) in [5.74, 6) is 0.527. The molecule has 6 heteroatoms. The molecule has 0 atom stereocenters. The Kier molecular flexibility index (Phi) is 2.97. The lowest BCUT2D eigenvalue weighted by molar-refractivity contribution is 0.434. The van der Waals surface area contributed by atoms with E-state index in [0.29, 0.717) is 17.0 Å². The first kappa shape index (κ1) is 12.4. The minimum absolute atomic E-state index is 0.0553. The van der Waals surface area contributed by atoms with Gasteiger partial charge in [-0.2, -0.15) is 5.26 Å². The number of aromatic amines is 1. The Hall–Kier alpha value is -2.65. The predicted molar refractivity (Wildman–Crippen MR) is 75.3 cm³/mol. The summed E-state index contributed by atoms with van der Waals surface area (Å²) >= 11 is 1.57. The van der Waals surface area contributed by atoms with E-state index in [-0.39, 0.29) is 5.56 Å². The highest BCUT2D eigenvalue weighted by atomic mass is 32.1. The summed E-state index contributed by atoms with van der Waals surface area (Å²) in [5, 5.41) is 14.9. The number of hydrogen-bond acceptors (Lipinski definition) is 5. The van der Waals surface area contributed by atoms with E-state index in [4.69, 9.17) is 9.78 Å². The average molecular weight is 283 g/mol. The van der Waals surface area contributed by atoms with Crippen molar-refractivity contribution in [1.29, 1.82) is 5.26 Å². The van der Waals surface area contributed by atoms with Gasteiger partial charge >= 0.3 is 0 Å². The molecule has 1 N–H and O–H groups in total. The van der Waals surface area contributed by atoms with Crippen molar-refractivity contribution in [3.05, 3.63) is 51.3 Å². The van der Waals surface area contributed by atoms with Gasteiger partial charge in [0.05, 0.1) is 4.88 Å². The van der Waals surface area contributed by atoms with E-state index in [9.17, 15) is 4.79 Å². The van der Waals surface area contributed by atoms with Crippen LogP contribution in [0, 0.1) is 18.3 Å². The zero-order chi connectivity index (χ0) is 14.1. The Labute approximate surface area is 118 Å². The first-order valence-corrected chi connectivity index (χ1v) is 6.72. The lowest BCUT2D eigenvalue weighted by Crippen LogP contribution is -2.11. The lowest BCUT2D eigenvalue weighted by atomic mass is 10.1. The SMILES string of the molecule is Cc1[nH]c(=O)c(C#N)cc1-c1cc(-c2cccs2)no1. The van der Waals surface area contributed by atoms with Crippen molar-refractivity contribution in [2.45, 2.75) is 6.92 Å². The van der Waals surface area contributed by atoms with E-state index in [0.717, 1.165) is 10.6 Å². The molecular formula is C14H9N3O2S. The Balaban J connectivity index is 2.11. The van der Waals surface area contributed by atoms with Gasteiger partial charge in [0.15, 0.2) is 5.76 Å². The summed E-state index contributed by atoms with van der Waals surface area (Å²) in [4.78, 5) is 15.2. The second kappa shape index (κ2) is 4.79. The fourth-order valence-electron chi connectivity index (χ4n) is 1.90. The van der Waals surface area contributed by atoms with E-state index in [2.05, 4.69) is 10.1 Å². The molecular weight excluding hydrogens is 274 g/mol. The smallest absolute Gasteiger partial charge is 0.266 e. The van der Waals surface area contributed by atoms with Gasteiger partial charge in [-0.05, 0) is 24.4 Å². The number of thiophene rings is 1. The van der Waals surface area contributed by atoms with Gasteiger partial charge in [0.1, 0.15) is 17.3 Å². The van der Waals surface area contributed by atoms with Crippen LogP contribution in [0.1, 0.15) is 11.3 Å². The van der Waals surface area contributed by atoms with Crippen molar-refractivity contribution >= 4 is 11.3 Å². The van der Waals surface area contributed by atoms with Gasteiger partial charge < -0.3 is 9.51 Å². The first-order chi connectivity index (χ1) is 9.69. The van der Waals surface area contributed by atoms with Crippen molar-refractivity contribution in [1.82, 2.24) is 10.1 Å². The molecule has 5 nitrogen and oxygen atoms in total. The van der Waals surface area contributed by atoms with E-state index in [1.54, 1.807) is 24.3 Å². The quantitative estimate of drug-likeness (QED) is 0.783. The highest BCUT2D eigenvalue weighted by Gasteiger charge is 2.13. The Morgan fingerprint density at radius 2 is 2.30 bits per heavy atom. The standard InChI is InChI=1S/C14H9N3O2S/c1-8-10(5-9(7-15)14(18)16-8)12-6-11(17-19-12)13-3-2-4-20-13/h2-6H,1H3,(H,16,18). The average Bonchev–Trinajstić information content (AvgIpc) is 3.09. The highest BCUT2D eigenvalue weighted by Crippen LogP contribution is 2.29. The van der Waals surface area contributed by atoms with Gasteiger partial charge in [-0.25, -0.2) is 0 Å². The van der Waals surface area contributed by atoms with Gasteiger partial charge in [-0.15, -0.1) is 11.3 Å². The van der Waals surface area contributed by atoms with Crippen LogP contribution in [-0.4, -0.2) is 10.1 Å². The van der Waals surface area contributed by atoms with E-state index < -0.39 is 5.56 Å². The third-order valence-corrected chi connectivity index (χ3v) is 3.80. The fraction of sp³-hybridized carbons (Fsp3) is 0.0714. The van der Waals surface area contributed by atoms with Gasteiger partial charge in [0, 0.05) is 17.3 Å². The summed E-state index contributed by atoms with van der Waals surface area (Å²) in [6, 6.07) is 9.07. The van der Waals surface area contributed by atoms with Crippen LogP contribution < -0.4 is 5.56 Å². The van der Waals surface area contributed by atoms with Crippen molar-refractivity contribution in [3.8, 4) is 28.0 Å². The summed E-state index contributed by atoms with van der Waals surface area (Å²) in [6.45, 7) is 1.76. The predicted octanol–water partition coefficient (Wildman–Crippen LogP) is 2.94. The van der Waals surface area contributed by atoms with Crippen LogP contribution in [0.2, 0.25) is 0 Å². The Bertz CT molecular complexity index is 853. The molecule has 3 rings (SSSR count). The summed E-state index contributed by atoms with van der Waals surface area (Å²) in [5.41, 5.74) is 1.70. The molecule has 0 aliphatic carbocycles. The van der Waals surface area contributed by atoms with Crippen LogP contribution in [0.5, 0.6) is 0 Å². The van der Waals surface area contributed by atoms with Crippen molar-refractivity contribution in [3.63, 3.8) is 0 Å². The Morgan fingerprint density at radius 3 is 3.00 bits per heavy atom. The van der Waals surface area contributed by atoms with Crippen LogP contribution in [0.15, 0.2) is 39.0 Å². The molecule has 0 spiro atoms. The van der Waals surface area contributed by atoms with Gasteiger partial charge in [-0.3, -0.25) is 4.79 Å². The van der Waals surface area contributed by atoms with Crippen molar-refractivity contribution < 1.29 is 4.52 Å². The molecule has 98 valence electrons. The number of aromatic nitrogens is 2. The minimum atomic E-state index is -0.397. The van der Waals surface area contributed by atoms with Crippen LogP contribution in [-0.2, 0) is 0 Å². The number of H-pyrrole nitrogens is 1. The number of nitriles is 1. The minimum Gasteiger partial charge on any atom is -0.356 e. The molecule has 3 aromatic heterocycles. The zero-order valence-electron chi connectivity index (χ0n) is 10.5. The van der Waals surface area contributed by atoms with Gasteiger partial charge in [0.2, 0.25) is 0 Å². The molecule has 0 aliphatic heterocycles. The van der Waals surface area contributed by atoms with Crippen LogP contribution in [0.4, 0.5) is 0 Å². The maximum Gasteiger partial charge on any atom is 0.266 e. The van der Waals surface area contributed by atoms with Crippen LogP contribution in [0.3, 0.4) is 0 Å². The number of rotatable bonds is 2. The zero-order valence-corrected chi connectivity index (χ0v) is 11.3. The van der Waals surface area contributed by atoms with Crippen LogP contribution >= 0.6 is 11.3 Å². The topological polar surface area (TPSA) is 82.7 Å². The summed E-state index contributed by atoms with van der Waals surface area (Å²) < 4.78 is 5.32. The number of nitrogens with zero attached hydrogens (tertiary/aromatic N) is 2. The normalized spacial score (nSPS) is 10.4. The van der Waals surface area contributed by atoms with Crippen molar-refractivity contribution in [2.75, 3.05) is 0 Å². The third kappa shape index (κ3) is 2.04. The van der Waals surface area contributed by atoms with Crippen LogP contribution in [0.25, 0.3) is 21.9 Å². The third-order valence-electron chi connectivity index (χ3n) is 2.91. The largest absolute Gasteiger partial charge is 0.356 e. The monoisotopic (exact) mass is 283 g/mol. The molecule has 0 fully saturated rings. The molecule has 0 amide bonds. The molecule has 20 heavy (non-hydrogen) atoms. The molecule has 0 saturated carbocycles. The summed E-state index contributed by atoms with van der Waals surface area (Å²) in [7, 11) is 0. The number of nitrogens with one attached hydrogen (secondary N) is 1. The number of pyridine rings is 1. The molecule has 0 radical (unpaired) electrons. The van der Waals surface area contributed by atoms with E-state index in [1.807, 2.05) is 23.6 Å². The molecule has 0 unspecified atom stereocenters. The second-order valence-electron chi connectivity index (χ2n) is 4.22. The molecule has 3 aromatic rings. The van der Waals surface area contributed by atoms with E-state index in [1.165, 1.54) is 6.07 Å². The molecule has 0 aromatic carbocycles. The number of aryl methyl sites for hydroxylation is 1. The van der Waals surface area contributed by atoms with Gasteiger partial charge in [-0.1, -0.05) is 11.2 Å². The van der Waals surface area contributed by atoms with Gasteiger partial charge in [0.25, 0.3) is 5.56 Å². The maximum absolute atomic E-state index is 11.5. The molecule has 0 aliphatic rings. The molecule has 3 heterocycles. The Morgan fingerprint density at radius 1 is 1.45 bits per heavy atom. The van der Waals surface area contributed by atoms with E-state index >= 15 is 0 Å². The molecule has 0 bridgehead atoms. The number of hydrogen-bond donors (Lipinski definition) is 1. The summed E-state index contributed by atoms with van der Waals surface area (Å²) in [6.07, 6.45) is 0. The maximum atomic E-state index is 11.5. The second-order valence-corrected chi connectivity index (χ2v) is 5.16. The first-order valence-electron chi connectivity index (χ1n) is 5.84. The highest BCUT2D eigenvalue weighted by molar-refractivity contribution is 7.13. The fourth-order valence-corrected chi connectivity index (χ4v) is 2.58. The lowest BCUT2D eigenvalue weighted by Gasteiger charge is -2.01.